The molecule has 1 atom stereocenters. The van der Waals surface area contributed by atoms with Crippen LogP contribution in [0.2, 0.25) is 0 Å². The Morgan fingerprint density at radius 3 is 2.75 bits per heavy atom. The molecule has 1 fully saturated rings. The smallest absolute Gasteiger partial charge is 0.131 e. The zero-order chi connectivity index (χ0) is 14.6. The molecule has 2 rings (SSSR count). The summed E-state index contributed by atoms with van der Waals surface area (Å²) in [5.41, 5.74) is 0.0355. The van der Waals surface area contributed by atoms with Gasteiger partial charge in [-0.25, -0.2) is 9.97 Å². The Morgan fingerprint density at radius 1 is 1.35 bits per heavy atom. The normalized spacial score (nSPS) is 21.7. The molecule has 0 radical (unpaired) electrons. The van der Waals surface area contributed by atoms with Gasteiger partial charge in [0.15, 0.2) is 0 Å². The number of aryl methyl sites for hydroxylation is 1. The highest BCUT2D eigenvalue weighted by Crippen LogP contribution is 2.32. The summed E-state index contributed by atoms with van der Waals surface area (Å²) < 4.78 is 6.86. The maximum absolute atomic E-state index is 6.02. The number of hydrogen-bond donors (Lipinski definition) is 1. The van der Waals surface area contributed by atoms with E-state index >= 15 is 0 Å². The number of nitrogens with one attached hydrogen (secondary N) is 1. The lowest BCUT2D eigenvalue weighted by Gasteiger charge is -2.40. The zero-order valence-corrected chi connectivity index (χ0v) is 14.2. The molecule has 2 heterocycles. The van der Waals surface area contributed by atoms with E-state index in [4.69, 9.17) is 4.74 Å². The van der Waals surface area contributed by atoms with Gasteiger partial charge in [-0.1, -0.05) is 20.8 Å². The van der Waals surface area contributed by atoms with Crippen molar-refractivity contribution < 1.29 is 4.74 Å². The quantitative estimate of drug-likeness (QED) is 0.823. The molecule has 112 valence electrons. The topological polar surface area (TPSA) is 47.0 Å². The predicted octanol–water partition coefficient (Wildman–Crippen LogP) is 3.95. The van der Waals surface area contributed by atoms with Gasteiger partial charge in [-0.2, -0.15) is 0 Å². The van der Waals surface area contributed by atoms with Gasteiger partial charge in [-0.15, -0.1) is 0 Å². The molecule has 4 nitrogen and oxygen atoms in total. The Hall–Kier alpha value is -0.680. The maximum Gasteiger partial charge on any atom is 0.131 e. The van der Waals surface area contributed by atoms with Gasteiger partial charge in [0.05, 0.1) is 5.60 Å². The van der Waals surface area contributed by atoms with Gasteiger partial charge in [-0.3, -0.25) is 0 Å². The van der Waals surface area contributed by atoms with Crippen molar-refractivity contribution in [2.45, 2.75) is 64.5 Å². The van der Waals surface area contributed by atoms with Crippen molar-refractivity contribution in [1.82, 2.24) is 9.97 Å². The number of halogens is 1. The van der Waals surface area contributed by atoms with Crippen LogP contribution in [0.5, 0.6) is 0 Å². The first-order valence-corrected chi connectivity index (χ1v) is 8.34. The number of aromatic nitrogens is 2. The summed E-state index contributed by atoms with van der Waals surface area (Å²) in [6, 6.07) is 2.38. The Balaban J connectivity index is 2.08. The molecule has 1 aliphatic rings. The van der Waals surface area contributed by atoms with Crippen LogP contribution in [-0.2, 0) is 11.2 Å². The highest BCUT2D eigenvalue weighted by molar-refractivity contribution is 9.10. The van der Waals surface area contributed by atoms with Crippen molar-refractivity contribution in [2.24, 2.45) is 0 Å². The number of hydrogen-bond acceptors (Lipinski definition) is 4. The molecule has 1 aliphatic heterocycles. The second kappa shape index (κ2) is 6.85. The van der Waals surface area contributed by atoms with E-state index in [1.54, 1.807) is 0 Å². The van der Waals surface area contributed by atoms with E-state index in [2.05, 4.69) is 52.0 Å². The van der Waals surface area contributed by atoms with Crippen LogP contribution in [0.15, 0.2) is 10.7 Å². The first-order valence-electron chi connectivity index (χ1n) is 7.54. The third-order valence-electron chi connectivity index (χ3n) is 4.19. The molecule has 1 saturated heterocycles. The van der Waals surface area contributed by atoms with E-state index in [-0.39, 0.29) is 5.60 Å². The highest BCUT2D eigenvalue weighted by Gasteiger charge is 2.34. The third-order valence-corrected chi connectivity index (χ3v) is 4.60. The molecule has 0 saturated carbocycles. The minimum absolute atomic E-state index is 0.0355. The molecule has 1 aromatic rings. The van der Waals surface area contributed by atoms with Crippen LogP contribution < -0.4 is 5.32 Å². The maximum atomic E-state index is 6.02. The number of rotatable bonds is 5. The summed E-state index contributed by atoms with van der Waals surface area (Å²) in [7, 11) is 0. The summed E-state index contributed by atoms with van der Waals surface area (Å²) in [5, 5.41) is 3.56. The van der Waals surface area contributed by atoms with Crippen molar-refractivity contribution in [3.05, 3.63) is 16.5 Å². The molecule has 0 aromatic carbocycles. The van der Waals surface area contributed by atoms with Gasteiger partial charge in [0.25, 0.3) is 0 Å². The minimum atomic E-state index is 0.0355. The van der Waals surface area contributed by atoms with Crippen molar-refractivity contribution >= 4 is 21.7 Å². The first kappa shape index (κ1) is 15.7. The first-order chi connectivity index (χ1) is 9.60. The van der Waals surface area contributed by atoms with E-state index < -0.39 is 0 Å². The third kappa shape index (κ3) is 3.70. The SMILES string of the molecule is CCc1nc(Br)cc(NC2CCOC(CC)(CC)C2)n1. The monoisotopic (exact) mass is 341 g/mol. The van der Waals surface area contributed by atoms with Gasteiger partial charge in [0.1, 0.15) is 16.2 Å². The minimum Gasteiger partial charge on any atom is -0.375 e. The van der Waals surface area contributed by atoms with E-state index in [9.17, 15) is 0 Å². The fraction of sp³-hybridized carbons (Fsp3) is 0.733. The number of anilines is 1. The Kier molecular flexibility index (Phi) is 5.38. The molecular weight excluding hydrogens is 318 g/mol. The van der Waals surface area contributed by atoms with E-state index in [0.29, 0.717) is 6.04 Å². The van der Waals surface area contributed by atoms with Crippen molar-refractivity contribution in [1.29, 1.82) is 0 Å². The summed E-state index contributed by atoms with van der Waals surface area (Å²) in [6.07, 6.45) is 5.05. The average Bonchev–Trinajstić information content (AvgIpc) is 2.46. The Morgan fingerprint density at radius 2 is 2.10 bits per heavy atom. The largest absolute Gasteiger partial charge is 0.375 e. The lowest BCUT2D eigenvalue weighted by Crippen LogP contribution is -2.43. The standard InChI is InChI=1S/C15H24BrN3O/c1-4-13-18-12(16)9-14(19-13)17-11-7-8-20-15(5-2,6-3)10-11/h9,11H,4-8,10H2,1-3H3,(H,17,18,19). The van der Waals surface area contributed by atoms with Gasteiger partial charge >= 0.3 is 0 Å². The van der Waals surface area contributed by atoms with Gasteiger partial charge in [-0.05, 0) is 41.6 Å². The second-order valence-corrected chi connectivity index (χ2v) is 6.23. The van der Waals surface area contributed by atoms with Crippen LogP contribution in [0, 0.1) is 0 Å². The van der Waals surface area contributed by atoms with Crippen molar-refractivity contribution in [2.75, 3.05) is 11.9 Å². The highest BCUT2D eigenvalue weighted by atomic mass is 79.9. The van der Waals surface area contributed by atoms with Gasteiger partial charge in [0, 0.05) is 25.1 Å². The molecule has 1 N–H and O–H groups in total. The molecule has 0 bridgehead atoms. The molecule has 5 heteroatoms. The zero-order valence-electron chi connectivity index (χ0n) is 12.6. The summed E-state index contributed by atoms with van der Waals surface area (Å²) >= 11 is 3.45. The molecule has 0 spiro atoms. The van der Waals surface area contributed by atoms with Crippen molar-refractivity contribution in [3.8, 4) is 0 Å². The van der Waals surface area contributed by atoms with E-state index in [1.807, 2.05) is 6.07 Å². The molecule has 0 amide bonds. The van der Waals surface area contributed by atoms with Crippen LogP contribution in [0.3, 0.4) is 0 Å². The number of nitrogens with zero attached hydrogens (tertiary/aromatic N) is 2. The van der Waals surface area contributed by atoms with Crippen molar-refractivity contribution in [3.63, 3.8) is 0 Å². The van der Waals surface area contributed by atoms with Crippen LogP contribution in [0.1, 0.15) is 52.3 Å². The van der Waals surface area contributed by atoms with E-state index in [1.165, 1.54) is 0 Å². The van der Waals surface area contributed by atoms with Crippen LogP contribution >= 0.6 is 15.9 Å². The fourth-order valence-electron chi connectivity index (χ4n) is 2.80. The lowest BCUT2D eigenvalue weighted by molar-refractivity contribution is -0.0864. The Labute approximate surface area is 129 Å². The van der Waals surface area contributed by atoms with Crippen LogP contribution in [-0.4, -0.2) is 28.2 Å². The molecule has 1 aromatic heterocycles. The number of ether oxygens (including phenoxy) is 1. The summed E-state index contributed by atoms with van der Waals surface area (Å²) in [5.74, 6) is 1.78. The molecule has 0 aliphatic carbocycles. The average molecular weight is 342 g/mol. The molecule has 20 heavy (non-hydrogen) atoms. The predicted molar refractivity (Wildman–Crippen MR) is 85.0 cm³/mol. The van der Waals surface area contributed by atoms with Crippen LogP contribution in [0.4, 0.5) is 5.82 Å². The van der Waals surface area contributed by atoms with Crippen LogP contribution in [0.25, 0.3) is 0 Å². The van der Waals surface area contributed by atoms with Gasteiger partial charge in [0.2, 0.25) is 0 Å². The van der Waals surface area contributed by atoms with E-state index in [0.717, 1.165) is 55.0 Å². The second-order valence-electron chi connectivity index (χ2n) is 5.42. The lowest BCUT2D eigenvalue weighted by atomic mass is 9.86. The van der Waals surface area contributed by atoms with Gasteiger partial charge < -0.3 is 10.1 Å². The summed E-state index contributed by atoms with van der Waals surface area (Å²) in [6.45, 7) is 7.32. The Bertz CT molecular complexity index is 449. The fourth-order valence-corrected chi connectivity index (χ4v) is 3.22. The molecule has 1 unspecified atom stereocenters. The molecular formula is C15H24BrN3O. The summed E-state index contributed by atoms with van der Waals surface area (Å²) in [4.78, 5) is 8.90.